The summed E-state index contributed by atoms with van der Waals surface area (Å²) in [5.74, 6) is -7.99. The molecule has 5 nitrogen and oxygen atoms in total. The highest BCUT2D eigenvalue weighted by Crippen LogP contribution is 2.35. The Kier molecular flexibility index (Phi) is 8.09. The van der Waals surface area contributed by atoms with Crippen LogP contribution in [-0.4, -0.2) is 26.3 Å². The third-order valence-electron chi connectivity index (χ3n) is 5.88. The molecule has 1 heterocycles. The Morgan fingerprint density at radius 2 is 1.54 bits per heavy atom. The van der Waals surface area contributed by atoms with Gasteiger partial charge in [-0.15, -0.1) is 0 Å². The molecular formula is C27H23F5O5. The standard InChI is InChI=1S/C27H23F5O5/c1-3-4-14-12-35-27(36-13-14)16-9-19(28)24(20(29)10-16)26(33)37-17-5-6-18(23(11-17)34-2)15-7-21(30)25(32)22(31)8-15/h5-11,14,27H,3-4,12-13H2,1-2H3. The summed E-state index contributed by atoms with van der Waals surface area (Å²) in [6, 6.07) is 7.17. The predicted molar refractivity (Wildman–Crippen MR) is 123 cm³/mol. The largest absolute Gasteiger partial charge is 0.496 e. The number of ether oxygens (including phenoxy) is 4. The lowest BCUT2D eigenvalue weighted by atomic mass is 10.0. The number of rotatable bonds is 7. The molecule has 0 spiro atoms. The molecule has 0 saturated carbocycles. The third kappa shape index (κ3) is 5.75. The van der Waals surface area contributed by atoms with Crippen LogP contribution in [0.15, 0.2) is 42.5 Å². The molecule has 1 aliphatic heterocycles. The van der Waals surface area contributed by atoms with Crippen LogP contribution in [0.1, 0.15) is 42.0 Å². The number of methoxy groups -OCH3 is 1. The minimum Gasteiger partial charge on any atom is -0.496 e. The van der Waals surface area contributed by atoms with Crippen LogP contribution in [0.2, 0.25) is 0 Å². The Morgan fingerprint density at radius 1 is 0.919 bits per heavy atom. The molecule has 0 amide bonds. The molecule has 3 aromatic rings. The molecular weight excluding hydrogens is 499 g/mol. The summed E-state index contributed by atoms with van der Waals surface area (Å²) >= 11 is 0. The number of halogens is 5. The lowest BCUT2D eigenvalue weighted by Gasteiger charge is -2.29. The van der Waals surface area contributed by atoms with Crippen molar-refractivity contribution in [2.45, 2.75) is 26.1 Å². The van der Waals surface area contributed by atoms with Crippen molar-refractivity contribution in [2.75, 3.05) is 20.3 Å². The van der Waals surface area contributed by atoms with Crippen molar-refractivity contribution in [3.63, 3.8) is 0 Å². The van der Waals surface area contributed by atoms with Gasteiger partial charge in [-0.05, 0) is 48.4 Å². The van der Waals surface area contributed by atoms with Gasteiger partial charge in [-0.1, -0.05) is 13.3 Å². The zero-order chi connectivity index (χ0) is 26.7. The molecule has 3 aromatic carbocycles. The Morgan fingerprint density at radius 3 is 2.11 bits per heavy atom. The maximum atomic E-state index is 14.8. The quantitative estimate of drug-likeness (QED) is 0.149. The Bertz CT molecular complexity index is 1260. The third-order valence-corrected chi connectivity index (χ3v) is 5.88. The smallest absolute Gasteiger partial charge is 0.349 e. The molecule has 0 aromatic heterocycles. The van der Waals surface area contributed by atoms with Gasteiger partial charge < -0.3 is 18.9 Å². The molecule has 37 heavy (non-hydrogen) atoms. The normalized spacial score (nSPS) is 17.5. The maximum absolute atomic E-state index is 14.8. The second-order valence-electron chi connectivity index (χ2n) is 8.52. The van der Waals surface area contributed by atoms with Gasteiger partial charge in [0.1, 0.15) is 28.7 Å². The molecule has 0 bridgehead atoms. The Hall–Kier alpha value is -3.50. The molecule has 0 radical (unpaired) electrons. The number of hydrogen-bond acceptors (Lipinski definition) is 5. The highest BCUT2D eigenvalue weighted by molar-refractivity contribution is 5.92. The first kappa shape index (κ1) is 26.6. The maximum Gasteiger partial charge on any atom is 0.349 e. The molecule has 0 aliphatic carbocycles. The molecule has 1 saturated heterocycles. The summed E-state index contributed by atoms with van der Waals surface area (Å²) in [6.45, 7) is 2.81. The summed E-state index contributed by atoms with van der Waals surface area (Å²) < 4.78 is 91.6. The van der Waals surface area contributed by atoms with Gasteiger partial charge in [-0.2, -0.15) is 0 Å². The molecule has 10 heteroatoms. The Balaban J connectivity index is 1.53. The summed E-state index contributed by atoms with van der Waals surface area (Å²) in [4.78, 5) is 12.6. The van der Waals surface area contributed by atoms with E-state index in [2.05, 4.69) is 0 Å². The van der Waals surface area contributed by atoms with Crippen molar-refractivity contribution in [1.29, 1.82) is 0 Å². The monoisotopic (exact) mass is 522 g/mol. The van der Waals surface area contributed by atoms with Crippen LogP contribution in [0.25, 0.3) is 11.1 Å². The highest BCUT2D eigenvalue weighted by atomic mass is 19.2. The van der Waals surface area contributed by atoms with E-state index in [0.717, 1.165) is 37.1 Å². The summed E-state index contributed by atoms with van der Waals surface area (Å²) in [6.07, 6.45) is 0.907. The predicted octanol–water partition coefficient (Wildman–Crippen LogP) is 6.74. The van der Waals surface area contributed by atoms with Crippen molar-refractivity contribution in [3.05, 3.63) is 82.7 Å². The van der Waals surface area contributed by atoms with Crippen molar-refractivity contribution >= 4 is 5.97 Å². The number of hydrogen-bond donors (Lipinski definition) is 0. The average molecular weight is 522 g/mol. The zero-order valence-corrected chi connectivity index (χ0v) is 20.0. The highest BCUT2D eigenvalue weighted by Gasteiger charge is 2.28. The molecule has 1 aliphatic rings. The van der Waals surface area contributed by atoms with E-state index in [4.69, 9.17) is 18.9 Å². The van der Waals surface area contributed by atoms with E-state index < -0.39 is 46.9 Å². The van der Waals surface area contributed by atoms with E-state index in [0.29, 0.717) is 13.2 Å². The van der Waals surface area contributed by atoms with E-state index in [1.165, 1.54) is 25.3 Å². The molecule has 196 valence electrons. The summed E-state index contributed by atoms with van der Waals surface area (Å²) in [5, 5.41) is 0. The van der Waals surface area contributed by atoms with Crippen LogP contribution in [-0.2, 0) is 9.47 Å². The van der Waals surface area contributed by atoms with Gasteiger partial charge in [0.05, 0.1) is 20.3 Å². The van der Waals surface area contributed by atoms with Gasteiger partial charge in [0, 0.05) is 23.1 Å². The second-order valence-corrected chi connectivity index (χ2v) is 8.52. The van der Waals surface area contributed by atoms with Crippen molar-refractivity contribution in [2.24, 2.45) is 5.92 Å². The van der Waals surface area contributed by atoms with Gasteiger partial charge in [-0.3, -0.25) is 0 Å². The van der Waals surface area contributed by atoms with Gasteiger partial charge in [0.25, 0.3) is 0 Å². The first-order valence-electron chi connectivity index (χ1n) is 11.5. The molecule has 0 unspecified atom stereocenters. The van der Waals surface area contributed by atoms with Crippen LogP contribution in [0.5, 0.6) is 11.5 Å². The van der Waals surface area contributed by atoms with Crippen LogP contribution < -0.4 is 9.47 Å². The number of esters is 1. The molecule has 1 fully saturated rings. The SMILES string of the molecule is CCCC1COC(c2cc(F)c(C(=O)Oc3ccc(-c4cc(F)c(F)c(F)c4)c(OC)c3)c(F)c2)OC1. The zero-order valence-electron chi connectivity index (χ0n) is 20.0. The number of benzene rings is 3. The van der Waals surface area contributed by atoms with Crippen molar-refractivity contribution in [1.82, 2.24) is 0 Å². The number of carbonyl (C=O) groups excluding carboxylic acids is 1. The fraction of sp³-hybridized carbons (Fsp3) is 0.296. The topological polar surface area (TPSA) is 54.0 Å². The van der Waals surface area contributed by atoms with Crippen LogP contribution in [0, 0.1) is 35.0 Å². The van der Waals surface area contributed by atoms with Crippen molar-refractivity contribution < 1.29 is 45.7 Å². The molecule has 0 N–H and O–H groups in total. The van der Waals surface area contributed by atoms with Crippen LogP contribution in [0.3, 0.4) is 0 Å². The van der Waals surface area contributed by atoms with E-state index in [1.807, 2.05) is 6.92 Å². The minimum atomic E-state index is -1.62. The second kappa shape index (κ2) is 11.3. The lowest BCUT2D eigenvalue weighted by Crippen LogP contribution is -2.27. The average Bonchev–Trinajstić information content (AvgIpc) is 2.87. The minimum absolute atomic E-state index is 0.0139. The van der Waals surface area contributed by atoms with Gasteiger partial charge in [0.2, 0.25) is 0 Å². The van der Waals surface area contributed by atoms with Gasteiger partial charge in [-0.25, -0.2) is 26.7 Å². The summed E-state index contributed by atoms with van der Waals surface area (Å²) in [7, 11) is 1.25. The lowest BCUT2D eigenvalue weighted by molar-refractivity contribution is -0.206. The first-order chi connectivity index (χ1) is 17.7. The van der Waals surface area contributed by atoms with E-state index >= 15 is 0 Å². The van der Waals surface area contributed by atoms with E-state index in [9.17, 15) is 26.7 Å². The number of carbonyl (C=O) groups is 1. The Labute approximate surface area is 209 Å². The fourth-order valence-electron chi connectivity index (χ4n) is 4.08. The van der Waals surface area contributed by atoms with Crippen molar-refractivity contribution in [3.8, 4) is 22.6 Å². The summed E-state index contributed by atoms with van der Waals surface area (Å²) in [5.41, 5.74) is -0.706. The van der Waals surface area contributed by atoms with Crippen LogP contribution >= 0.6 is 0 Å². The first-order valence-corrected chi connectivity index (χ1v) is 11.5. The molecule has 4 rings (SSSR count). The van der Waals surface area contributed by atoms with Gasteiger partial charge >= 0.3 is 5.97 Å². The van der Waals surface area contributed by atoms with Gasteiger partial charge in [0.15, 0.2) is 23.7 Å². The van der Waals surface area contributed by atoms with E-state index in [1.54, 1.807) is 0 Å². The van der Waals surface area contributed by atoms with Crippen LogP contribution in [0.4, 0.5) is 22.0 Å². The molecule has 0 atom stereocenters. The van der Waals surface area contributed by atoms with E-state index in [-0.39, 0.29) is 34.1 Å². The fourth-order valence-corrected chi connectivity index (χ4v) is 4.08.